The van der Waals surface area contributed by atoms with Gasteiger partial charge in [-0.2, -0.15) is 79.0 Å². The number of halogens is 20. The molecule has 0 saturated heterocycles. The van der Waals surface area contributed by atoms with Gasteiger partial charge in [-0.15, -0.1) is 0 Å². The first-order valence-electron chi connectivity index (χ1n) is 13.6. The standard InChI is InChI=1S/2C9H2F9.2C7H5FO2.Sn/c2*10-7(11,12)4-1-5(8(13,14)15)3-6(2-4)9(16,17)18;2*8-6-4-2-1-3-5(6)7(9)10;/h2*1-2H;2*1-4H,(H,9,10);/q;;;;+2/p-2. The Balaban J connectivity index is 0.000000755. The van der Waals surface area contributed by atoms with Crippen LogP contribution in [0, 0.1) is 23.8 Å². The monoisotopic (exact) mass is 960 g/mol. The average molecular weight is 959 g/mol. The van der Waals surface area contributed by atoms with Crippen molar-refractivity contribution in [3.8, 4) is 0 Å². The van der Waals surface area contributed by atoms with Crippen LogP contribution in [-0.4, -0.2) is 35.8 Å². The van der Waals surface area contributed by atoms with Gasteiger partial charge in [-0.05, 0) is 36.4 Å². The molecule has 0 fully saturated rings. The summed E-state index contributed by atoms with van der Waals surface area (Å²) >= 11 is 0. The van der Waals surface area contributed by atoms with E-state index in [4.69, 9.17) is 0 Å². The van der Waals surface area contributed by atoms with Gasteiger partial charge in [0.05, 0.1) is 45.3 Å². The summed E-state index contributed by atoms with van der Waals surface area (Å²) in [6.45, 7) is 0. The number of aromatic carboxylic acids is 2. The van der Waals surface area contributed by atoms with E-state index in [1.54, 1.807) is 0 Å². The van der Waals surface area contributed by atoms with Gasteiger partial charge < -0.3 is 19.8 Å². The van der Waals surface area contributed by atoms with Crippen molar-refractivity contribution in [2.75, 3.05) is 0 Å². The molecule has 0 N–H and O–H groups in total. The zero-order valence-electron chi connectivity index (χ0n) is 26.6. The van der Waals surface area contributed by atoms with Gasteiger partial charge in [0.2, 0.25) is 0 Å². The number of benzene rings is 4. The molecule has 0 aliphatic carbocycles. The second kappa shape index (κ2) is 19.6. The third-order valence-electron chi connectivity index (χ3n) is 5.80. The van der Waals surface area contributed by atoms with E-state index in [1.165, 1.54) is 24.3 Å². The second-order valence-corrected chi connectivity index (χ2v) is 9.91. The number of rotatable bonds is 2. The molecule has 308 valence electrons. The molecule has 4 radical (unpaired) electrons. The predicted molar refractivity (Wildman–Crippen MR) is 148 cm³/mol. The van der Waals surface area contributed by atoms with Crippen molar-refractivity contribution in [3.63, 3.8) is 0 Å². The van der Waals surface area contributed by atoms with E-state index >= 15 is 0 Å². The fraction of sp³-hybridized carbons (Fsp3) is 0.188. The van der Waals surface area contributed by atoms with E-state index < -0.39 is 129 Å². The Morgan fingerprint density at radius 1 is 0.404 bits per heavy atom. The minimum absolute atomic E-state index is 0. The first-order valence-corrected chi connectivity index (χ1v) is 13.6. The molecule has 0 amide bonds. The fourth-order valence-electron chi connectivity index (χ4n) is 3.33. The van der Waals surface area contributed by atoms with E-state index in [0.717, 1.165) is 36.4 Å². The number of hydrogen-bond acceptors (Lipinski definition) is 4. The fourth-order valence-corrected chi connectivity index (χ4v) is 3.33. The van der Waals surface area contributed by atoms with Crippen molar-refractivity contribution in [1.82, 2.24) is 0 Å². The minimum Gasteiger partial charge on any atom is -0.545 e. The zero-order valence-corrected chi connectivity index (χ0v) is 29.5. The average Bonchev–Trinajstić information content (AvgIpc) is 3.03. The Labute approximate surface area is 321 Å². The molecule has 0 saturated carbocycles. The van der Waals surface area contributed by atoms with Gasteiger partial charge >= 0.3 is 61.0 Å². The van der Waals surface area contributed by atoms with E-state index in [2.05, 4.69) is 0 Å². The first kappa shape index (κ1) is 52.2. The van der Waals surface area contributed by atoms with E-state index in [9.17, 15) is 108 Å². The quantitative estimate of drug-likeness (QED) is 0.149. The topological polar surface area (TPSA) is 80.3 Å². The molecule has 0 aliphatic heterocycles. The smallest absolute Gasteiger partial charge is 0.545 e. The Hall–Kier alpha value is -4.78. The number of carbonyl (C=O) groups is 2. The summed E-state index contributed by atoms with van der Waals surface area (Å²) in [5, 5.41) is 20.1. The molecule has 4 rings (SSSR count). The zero-order chi connectivity index (χ0) is 43.8. The van der Waals surface area contributed by atoms with Crippen LogP contribution < -0.4 is 10.2 Å². The van der Waals surface area contributed by atoms with Crippen molar-refractivity contribution in [3.05, 3.63) is 141 Å². The maximum absolute atomic E-state index is 12.4. The minimum atomic E-state index is -5.35. The van der Waals surface area contributed by atoms with Gasteiger partial charge in [-0.1, -0.05) is 36.4 Å². The molecule has 0 heterocycles. The molecule has 0 aromatic heterocycles. The van der Waals surface area contributed by atoms with Gasteiger partial charge in [0.15, 0.2) is 0 Å². The van der Waals surface area contributed by atoms with Crippen molar-refractivity contribution in [1.29, 1.82) is 0 Å². The third-order valence-corrected chi connectivity index (χ3v) is 5.80. The Bertz CT molecular complexity index is 1660. The van der Waals surface area contributed by atoms with Crippen molar-refractivity contribution < 1.29 is 108 Å². The summed E-state index contributed by atoms with van der Waals surface area (Å²) in [6.07, 6.45) is -32.0. The summed E-state index contributed by atoms with van der Waals surface area (Å²) in [4.78, 5) is 20.1. The molecule has 4 nitrogen and oxygen atoms in total. The molecule has 0 atom stereocenters. The van der Waals surface area contributed by atoms with Crippen LogP contribution in [0.25, 0.3) is 0 Å². The SMILES string of the molecule is FC(F)(F)c1[c]c(C(F)(F)F)cc(C(F)(F)F)c1.FC(F)(F)c1[c]c(C(F)(F)F)cc(C(F)(F)F)c1.O=C([O-])c1ccccc1F.O=C([O-])c1ccccc1F.[Sn+2]. The molecule has 0 bridgehead atoms. The van der Waals surface area contributed by atoms with Gasteiger partial charge in [-0.3, -0.25) is 0 Å². The van der Waals surface area contributed by atoms with E-state index in [0.29, 0.717) is 0 Å². The predicted octanol–water partition coefficient (Wildman–Crippen LogP) is 9.08. The number of carboxylic acids is 2. The normalized spacial score (nSPS) is 12.0. The van der Waals surface area contributed by atoms with Crippen molar-refractivity contribution in [2.24, 2.45) is 0 Å². The molecule has 4 aromatic rings. The Morgan fingerprint density at radius 2 is 0.614 bits per heavy atom. The van der Waals surface area contributed by atoms with Crippen molar-refractivity contribution in [2.45, 2.75) is 37.1 Å². The maximum Gasteiger partial charge on any atom is 2.00 e. The van der Waals surface area contributed by atoms with Crippen molar-refractivity contribution >= 4 is 35.8 Å². The van der Waals surface area contributed by atoms with Crippen LogP contribution in [0.15, 0.2) is 72.8 Å². The molecular formula is C32H12F20O4Sn. The molecule has 57 heavy (non-hydrogen) atoms. The summed E-state index contributed by atoms with van der Waals surface area (Å²) in [5.41, 5.74) is -13.3. The van der Waals surface area contributed by atoms with Crippen LogP contribution in [0.3, 0.4) is 0 Å². The molecule has 4 aromatic carbocycles. The summed E-state index contributed by atoms with van der Waals surface area (Å²) in [5.74, 6) is -4.50. The van der Waals surface area contributed by atoms with Crippen LogP contribution in [0.2, 0.25) is 0 Å². The summed E-state index contributed by atoms with van der Waals surface area (Å²) in [7, 11) is 0. The van der Waals surface area contributed by atoms with Crippen LogP contribution >= 0.6 is 0 Å². The van der Waals surface area contributed by atoms with Gasteiger partial charge in [-0.25, -0.2) is 8.78 Å². The maximum atomic E-state index is 12.4. The number of carbonyl (C=O) groups excluding carboxylic acids is 2. The molecule has 0 aliphatic rings. The summed E-state index contributed by atoms with van der Waals surface area (Å²) in [6, 6.07) is 10.3. The first-order chi connectivity index (χ1) is 25.1. The Morgan fingerprint density at radius 3 is 0.754 bits per heavy atom. The number of carboxylic acid groups (broad SMARTS) is 2. The van der Waals surface area contributed by atoms with E-state index in [1.807, 2.05) is 0 Å². The van der Waals surface area contributed by atoms with Crippen LogP contribution in [0.1, 0.15) is 54.1 Å². The largest absolute Gasteiger partial charge is 2.00 e. The van der Waals surface area contributed by atoms with Gasteiger partial charge in [0.25, 0.3) is 0 Å². The van der Waals surface area contributed by atoms with Gasteiger partial charge in [0.1, 0.15) is 11.6 Å². The molecule has 0 unspecified atom stereocenters. The number of alkyl halides is 18. The van der Waals surface area contributed by atoms with Crippen LogP contribution in [0.4, 0.5) is 87.8 Å². The third kappa shape index (κ3) is 17.1. The molecule has 0 spiro atoms. The molecular weight excluding hydrogens is 947 g/mol. The van der Waals surface area contributed by atoms with Crippen LogP contribution in [-0.2, 0) is 37.1 Å². The van der Waals surface area contributed by atoms with Gasteiger partial charge in [0, 0.05) is 23.3 Å². The Kier molecular flexibility index (Phi) is 17.9. The van der Waals surface area contributed by atoms with Crippen LogP contribution in [0.5, 0.6) is 0 Å². The number of hydrogen-bond donors (Lipinski definition) is 0. The molecule has 25 heteroatoms. The summed E-state index contributed by atoms with van der Waals surface area (Å²) < 4.78 is 244. The second-order valence-electron chi connectivity index (χ2n) is 9.91. The van der Waals surface area contributed by atoms with E-state index in [-0.39, 0.29) is 23.9 Å².